The van der Waals surface area contributed by atoms with Crippen molar-refractivity contribution in [2.75, 3.05) is 26.3 Å². The Balaban J connectivity index is 1.55. The van der Waals surface area contributed by atoms with E-state index in [9.17, 15) is 24.6 Å². The van der Waals surface area contributed by atoms with Gasteiger partial charge in [0.15, 0.2) is 0 Å². The molecule has 1 saturated heterocycles. The number of aromatic nitrogens is 2. The van der Waals surface area contributed by atoms with E-state index in [2.05, 4.69) is 15.6 Å². The molecule has 2 fully saturated rings. The van der Waals surface area contributed by atoms with E-state index in [1.165, 1.54) is 6.42 Å². The largest absolute Gasteiger partial charge is 0.390 e. The van der Waals surface area contributed by atoms with Crippen LogP contribution in [0.3, 0.4) is 0 Å². The zero-order valence-corrected chi connectivity index (χ0v) is 28.4. The molecule has 0 radical (unpaired) electrons. The fraction of sp³-hybridized carbons (Fsp3) is 0.667. The number of amides is 3. The lowest BCUT2D eigenvalue weighted by Gasteiger charge is -2.34. The van der Waals surface area contributed by atoms with E-state index < -0.39 is 42.0 Å². The Morgan fingerprint density at radius 3 is 2.32 bits per heavy atom. The molecule has 1 aliphatic heterocycles. The van der Waals surface area contributed by atoms with Crippen molar-refractivity contribution in [2.24, 2.45) is 24.8 Å². The molecule has 1 aromatic carbocycles. The number of carbonyl (C=O) groups excluding carboxylic acids is 3. The third-order valence-corrected chi connectivity index (χ3v) is 9.44. The summed E-state index contributed by atoms with van der Waals surface area (Å²) in [7, 11) is 1.84. The van der Waals surface area contributed by atoms with Gasteiger partial charge in [0.05, 0.1) is 43.3 Å². The number of ether oxygens (including phenoxy) is 1. The molecular formula is C36H55N5O6. The number of nitrogens with one attached hydrogen (secondary N) is 2. The molecule has 3 amide bonds. The van der Waals surface area contributed by atoms with Crippen LogP contribution in [0.4, 0.5) is 0 Å². The fourth-order valence-electron chi connectivity index (χ4n) is 6.83. The molecule has 2 heterocycles. The Morgan fingerprint density at radius 1 is 0.979 bits per heavy atom. The lowest BCUT2D eigenvalue weighted by Crippen LogP contribution is -2.56. The SMILES string of the molecule is CC(C)CC(O)C(O)C(CC1CCCCC1)NC(=O)C(Cc1cn(C)cn1)NC(=O)C(CC(=O)N1CCOCC1)Cc1ccccc1. The van der Waals surface area contributed by atoms with E-state index in [1.54, 1.807) is 22.0 Å². The molecule has 1 saturated carbocycles. The van der Waals surface area contributed by atoms with Gasteiger partial charge in [-0.3, -0.25) is 14.4 Å². The molecule has 5 atom stereocenters. The lowest BCUT2D eigenvalue weighted by molar-refractivity contribution is -0.140. The van der Waals surface area contributed by atoms with E-state index in [0.29, 0.717) is 57.2 Å². The van der Waals surface area contributed by atoms with Crippen LogP contribution in [0, 0.1) is 17.8 Å². The van der Waals surface area contributed by atoms with Gasteiger partial charge in [-0.05, 0) is 36.7 Å². The number of carbonyl (C=O) groups is 3. The average Bonchev–Trinajstić information content (AvgIpc) is 3.48. The van der Waals surface area contributed by atoms with E-state index >= 15 is 0 Å². The summed E-state index contributed by atoms with van der Waals surface area (Å²) in [6, 6.07) is 7.88. The number of aryl methyl sites for hydroxylation is 1. The third-order valence-electron chi connectivity index (χ3n) is 9.44. The average molecular weight is 654 g/mol. The van der Waals surface area contributed by atoms with Gasteiger partial charge < -0.3 is 35.1 Å². The standard InChI is InChI=1S/C36H55N5O6/c1-25(2)18-32(42)34(44)30(20-27-12-8-5-9-13-27)38-36(46)31(22-29-23-40(3)24-37-29)39-35(45)28(19-26-10-6-4-7-11-26)21-33(43)41-14-16-47-17-15-41/h4,6-7,10-11,23-25,27-28,30-32,34,42,44H,5,8-9,12-22H2,1-3H3,(H,38,46)(H,39,45). The lowest BCUT2D eigenvalue weighted by atomic mass is 9.82. The highest BCUT2D eigenvalue weighted by Gasteiger charge is 2.35. The van der Waals surface area contributed by atoms with Crippen molar-refractivity contribution in [3.8, 4) is 0 Å². The number of hydrogen-bond acceptors (Lipinski definition) is 7. The molecular weight excluding hydrogens is 598 g/mol. The van der Waals surface area contributed by atoms with Crippen molar-refractivity contribution in [2.45, 2.75) is 102 Å². The second-order valence-corrected chi connectivity index (χ2v) is 13.9. The van der Waals surface area contributed by atoms with Gasteiger partial charge in [0.1, 0.15) is 12.1 Å². The van der Waals surface area contributed by atoms with E-state index in [1.807, 2.05) is 51.2 Å². The monoisotopic (exact) mass is 653 g/mol. The second-order valence-electron chi connectivity index (χ2n) is 13.9. The molecule has 0 spiro atoms. The number of nitrogens with zero attached hydrogens (tertiary/aromatic N) is 3. The third kappa shape index (κ3) is 11.7. The Hall–Kier alpha value is -3.28. The molecule has 2 aromatic rings. The molecule has 0 bridgehead atoms. The van der Waals surface area contributed by atoms with E-state index in [-0.39, 0.29) is 24.7 Å². The van der Waals surface area contributed by atoms with Gasteiger partial charge in [-0.25, -0.2) is 4.98 Å². The summed E-state index contributed by atoms with van der Waals surface area (Å²) < 4.78 is 7.19. The first kappa shape index (κ1) is 36.6. The van der Waals surface area contributed by atoms with Gasteiger partial charge in [0, 0.05) is 39.2 Å². The molecule has 11 heteroatoms. The Labute approximate surface area is 279 Å². The first-order valence-corrected chi connectivity index (χ1v) is 17.4. The maximum atomic E-state index is 14.1. The highest BCUT2D eigenvalue weighted by Crippen LogP contribution is 2.29. The highest BCUT2D eigenvalue weighted by atomic mass is 16.5. The van der Waals surface area contributed by atoms with Crippen molar-refractivity contribution < 1.29 is 29.3 Å². The highest BCUT2D eigenvalue weighted by molar-refractivity contribution is 5.91. The number of benzene rings is 1. The zero-order chi connectivity index (χ0) is 33.8. The number of aliphatic hydroxyl groups is 2. The number of imidazole rings is 1. The van der Waals surface area contributed by atoms with Crippen LogP contribution < -0.4 is 10.6 Å². The summed E-state index contributed by atoms with van der Waals surface area (Å²) in [6.45, 7) is 5.87. The second kappa shape index (κ2) is 18.3. The summed E-state index contributed by atoms with van der Waals surface area (Å²) >= 11 is 0. The van der Waals surface area contributed by atoms with Crippen LogP contribution in [0.15, 0.2) is 42.9 Å². The fourth-order valence-corrected chi connectivity index (χ4v) is 6.83. The van der Waals surface area contributed by atoms with Gasteiger partial charge in [-0.1, -0.05) is 76.3 Å². The Kier molecular flexibility index (Phi) is 14.2. The van der Waals surface area contributed by atoms with Crippen LogP contribution in [-0.4, -0.2) is 93.0 Å². The molecule has 4 rings (SSSR count). The van der Waals surface area contributed by atoms with Gasteiger partial charge in [-0.2, -0.15) is 0 Å². The summed E-state index contributed by atoms with van der Waals surface area (Å²) in [5.41, 5.74) is 1.55. The summed E-state index contributed by atoms with van der Waals surface area (Å²) in [6.07, 6.45) is 8.19. The molecule has 1 aromatic heterocycles. The van der Waals surface area contributed by atoms with Gasteiger partial charge in [0.2, 0.25) is 17.7 Å². The smallest absolute Gasteiger partial charge is 0.243 e. The minimum Gasteiger partial charge on any atom is -0.390 e. The molecule has 1 aliphatic carbocycles. The molecule has 11 nitrogen and oxygen atoms in total. The van der Waals surface area contributed by atoms with Gasteiger partial charge in [0.25, 0.3) is 0 Å². The van der Waals surface area contributed by atoms with Crippen LogP contribution in [0.5, 0.6) is 0 Å². The molecule has 5 unspecified atom stereocenters. The summed E-state index contributed by atoms with van der Waals surface area (Å²) in [5.74, 6) is -1.16. The Morgan fingerprint density at radius 2 is 1.68 bits per heavy atom. The maximum Gasteiger partial charge on any atom is 0.243 e. The van der Waals surface area contributed by atoms with Crippen LogP contribution in [-0.2, 0) is 39.0 Å². The van der Waals surface area contributed by atoms with E-state index in [0.717, 1.165) is 31.2 Å². The predicted octanol–water partition coefficient (Wildman–Crippen LogP) is 2.78. The topological polar surface area (TPSA) is 146 Å². The van der Waals surface area contributed by atoms with Crippen molar-refractivity contribution in [1.82, 2.24) is 25.1 Å². The van der Waals surface area contributed by atoms with Crippen LogP contribution in [0.2, 0.25) is 0 Å². The number of aliphatic hydroxyl groups excluding tert-OH is 2. The number of morpholine rings is 1. The minimum absolute atomic E-state index is 0.00304. The normalized spacial score (nSPS) is 19.1. The first-order chi connectivity index (χ1) is 22.6. The van der Waals surface area contributed by atoms with Gasteiger partial charge in [-0.15, -0.1) is 0 Å². The quantitative estimate of drug-likeness (QED) is 0.218. The number of rotatable bonds is 16. The molecule has 47 heavy (non-hydrogen) atoms. The summed E-state index contributed by atoms with van der Waals surface area (Å²) in [4.78, 5) is 47.6. The Bertz CT molecular complexity index is 1260. The molecule has 4 N–H and O–H groups in total. The van der Waals surface area contributed by atoms with Crippen molar-refractivity contribution >= 4 is 17.7 Å². The first-order valence-electron chi connectivity index (χ1n) is 17.4. The van der Waals surface area contributed by atoms with Crippen LogP contribution in [0.25, 0.3) is 0 Å². The van der Waals surface area contributed by atoms with Crippen molar-refractivity contribution in [1.29, 1.82) is 0 Å². The molecule has 2 aliphatic rings. The predicted molar refractivity (Wildman–Crippen MR) is 179 cm³/mol. The maximum absolute atomic E-state index is 14.1. The van der Waals surface area contributed by atoms with Crippen LogP contribution in [0.1, 0.15) is 76.5 Å². The van der Waals surface area contributed by atoms with Crippen molar-refractivity contribution in [3.63, 3.8) is 0 Å². The minimum atomic E-state index is -1.15. The van der Waals surface area contributed by atoms with E-state index in [4.69, 9.17) is 4.74 Å². The van der Waals surface area contributed by atoms with Crippen LogP contribution >= 0.6 is 0 Å². The van der Waals surface area contributed by atoms with Gasteiger partial charge >= 0.3 is 0 Å². The molecule has 260 valence electrons. The zero-order valence-electron chi connectivity index (χ0n) is 28.4. The summed E-state index contributed by atoms with van der Waals surface area (Å²) in [5, 5.41) is 28.2. The van der Waals surface area contributed by atoms with Crippen molar-refractivity contribution in [3.05, 3.63) is 54.1 Å². The number of hydrogen-bond donors (Lipinski definition) is 4.